The van der Waals surface area contributed by atoms with E-state index in [1.807, 2.05) is 24.4 Å². The van der Waals surface area contributed by atoms with E-state index in [1.165, 1.54) is 11.1 Å². The Bertz CT molecular complexity index is 624. The van der Waals surface area contributed by atoms with Crippen LogP contribution in [0.25, 0.3) is 0 Å². The second-order valence-corrected chi connectivity index (χ2v) is 8.35. The van der Waals surface area contributed by atoms with Gasteiger partial charge in [0.25, 0.3) is 0 Å². The molecule has 1 aromatic carbocycles. The van der Waals surface area contributed by atoms with Crippen LogP contribution in [0.5, 0.6) is 0 Å². The Balaban J connectivity index is 2.27. The minimum atomic E-state index is -0.0365. The quantitative estimate of drug-likeness (QED) is 0.690. The van der Waals surface area contributed by atoms with Crippen molar-refractivity contribution in [2.24, 2.45) is 5.41 Å². The molecule has 0 amide bonds. The Morgan fingerprint density at radius 2 is 1.68 bits per heavy atom. The van der Waals surface area contributed by atoms with E-state index in [9.17, 15) is 0 Å². The first-order valence-electron chi connectivity index (χ1n) is 7.86. The maximum Gasteiger partial charge on any atom is 0.0463 e. The van der Waals surface area contributed by atoms with Crippen LogP contribution in [-0.2, 0) is 18.3 Å². The minimum absolute atomic E-state index is 0.0365. The fourth-order valence-corrected chi connectivity index (χ4v) is 3.00. The third-order valence-corrected chi connectivity index (χ3v) is 4.20. The summed E-state index contributed by atoms with van der Waals surface area (Å²) in [7, 11) is 0. The standard InChI is InChI=1S/C20H26ClN/c1-19(2,3)13-15-9-10-17(21)16(12-15)14-20(4,5)18-8-6-7-11-22-18/h6-12H,13-14H2,1-5H3. The molecule has 0 aliphatic rings. The van der Waals surface area contributed by atoms with E-state index in [2.05, 4.69) is 57.8 Å². The Labute approximate surface area is 139 Å². The molecule has 118 valence electrons. The van der Waals surface area contributed by atoms with Crippen LogP contribution in [0.1, 0.15) is 51.4 Å². The molecule has 0 spiro atoms. The summed E-state index contributed by atoms with van der Waals surface area (Å²) in [5.41, 5.74) is 3.91. The molecule has 0 fully saturated rings. The van der Waals surface area contributed by atoms with Crippen LogP contribution in [0.15, 0.2) is 42.6 Å². The monoisotopic (exact) mass is 315 g/mol. The van der Waals surface area contributed by atoms with Gasteiger partial charge in [0.2, 0.25) is 0 Å². The molecule has 1 heterocycles. The van der Waals surface area contributed by atoms with Crippen LogP contribution in [0.2, 0.25) is 5.02 Å². The summed E-state index contributed by atoms with van der Waals surface area (Å²) < 4.78 is 0. The first-order chi connectivity index (χ1) is 10.2. The largest absolute Gasteiger partial charge is 0.261 e. The lowest BCUT2D eigenvalue weighted by Gasteiger charge is -2.25. The van der Waals surface area contributed by atoms with Crippen molar-refractivity contribution in [2.75, 3.05) is 0 Å². The van der Waals surface area contributed by atoms with Crippen LogP contribution in [0.4, 0.5) is 0 Å². The van der Waals surface area contributed by atoms with Gasteiger partial charge in [-0.3, -0.25) is 4.98 Å². The number of nitrogens with zero attached hydrogens (tertiary/aromatic N) is 1. The number of halogens is 1. The smallest absolute Gasteiger partial charge is 0.0463 e. The molecule has 2 rings (SSSR count). The van der Waals surface area contributed by atoms with Gasteiger partial charge in [0, 0.05) is 22.3 Å². The van der Waals surface area contributed by atoms with Crippen LogP contribution >= 0.6 is 11.6 Å². The van der Waals surface area contributed by atoms with Crippen molar-refractivity contribution in [3.05, 3.63) is 64.4 Å². The molecule has 0 saturated heterocycles. The fraction of sp³-hybridized carbons (Fsp3) is 0.450. The van der Waals surface area contributed by atoms with E-state index >= 15 is 0 Å². The van der Waals surface area contributed by atoms with Crippen molar-refractivity contribution in [1.82, 2.24) is 4.98 Å². The Kier molecular flexibility index (Phi) is 4.97. The zero-order valence-electron chi connectivity index (χ0n) is 14.3. The van der Waals surface area contributed by atoms with Gasteiger partial charge >= 0.3 is 0 Å². The average Bonchev–Trinajstić information content (AvgIpc) is 2.42. The normalized spacial score (nSPS) is 12.5. The fourth-order valence-electron chi connectivity index (χ4n) is 2.82. The van der Waals surface area contributed by atoms with Crippen LogP contribution in [0, 0.1) is 5.41 Å². The first-order valence-corrected chi connectivity index (χ1v) is 8.24. The van der Waals surface area contributed by atoms with Crippen molar-refractivity contribution in [3.63, 3.8) is 0 Å². The highest BCUT2D eigenvalue weighted by Crippen LogP contribution is 2.31. The minimum Gasteiger partial charge on any atom is -0.261 e. The van der Waals surface area contributed by atoms with Gasteiger partial charge in [-0.2, -0.15) is 0 Å². The Hall–Kier alpha value is -1.34. The van der Waals surface area contributed by atoms with Gasteiger partial charge in [-0.15, -0.1) is 0 Å². The Morgan fingerprint density at radius 1 is 0.955 bits per heavy atom. The molecular formula is C20H26ClN. The van der Waals surface area contributed by atoms with E-state index in [-0.39, 0.29) is 10.8 Å². The molecule has 2 heteroatoms. The van der Waals surface area contributed by atoms with Crippen molar-refractivity contribution in [2.45, 2.75) is 52.9 Å². The highest BCUT2D eigenvalue weighted by Gasteiger charge is 2.24. The molecule has 0 N–H and O–H groups in total. The zero-order valence-corrected chi connectivity index (χ0v) is 15.0. The summed E-state index contributed by atoms with van der Waals surface area (Å²) in [4.78, 5) is 4.52. The van der Waals surface area contributed by atoms with Gasteiger partial charge in [0.05, 0.1) is 0 Å². The van der Waals surface area contributed by atoms with Gasteiger partial charge in [-0.25, -0.2) is 0 Å². The molecule has 0 bridgehead atoms. The SMILES string of the molecule is CC(C)(C)Cc1ccc(Cl)c(CC(C)(C)c2ccccn2)c1. The summed E-state index contributed by atoms with van der Waals surface area (Å²) in [6.45, 7) is 11.2. The topological polar surface area (TPSA) is 12.9 Å². The van der Waals surface area contributed by atoms with Crippen molar-refractivity contribution in [1.29, 1.82) is 0 Å². The number of aromatic nitrogens is 1. The van der Waals surface area contributed by atoms with Crippen molar-refractivity contribution >= 4 is 11.6 Å². The van der Waals surface area contributed by atoms with Gasteiger partial charge in [-0.1, -0.05) is 64.4 Å². The van der Waals surface area contributed by atoms with Crippen LogP contribution < -0.4 is 0 Å². The van der Waals surface area contributed by atoms with Crippen LogP contribution in [-0.4, -0.2) is 4.98 Å². The maximum absolute atomic E-state index is 6.44. The van der Waals surface area contributed by atoms with Gasteiger partial charge in [0.1, 0.15) is 0 Å². The summed E-state index contributed by atoms with van der Waals surface area (Å²) in [5.74, 6) is 0. The maximum atomic E-state index is 6.44. The number of rotatable bonds is 4. The molecule has 22 heavy (non-hydrogen) atoms. The van der Waals surface area contributed by atoms with Gasteiger partial charge < -0.3 is 0 Å². The Morgan fingerprint density at radius 3 is 2.27 bits per heavy atom. The summed E-state index contributed by atoms with van der Waals surface area (Å²) >= 11 is 6.44. The molecule has 1 aromatic heterocycles. The number of hydrogen-bond donors (Lipinski definition) is 0. The highest BCUT2D eigenvalue weighted by atomic mass is 35.5. The molecule has 0 saturated carbocycles. The molecular weight excluding hydrogens is 290 g/mol. The molecule has 0 aliphatic carbocycles. The summed E-state index contributed by atoms with van der Waals surface area (Å²) in [6, 6.07) is 12.5. The van der Waals surface area contributed by atoms with E-state index in [0.29, 0.717) is 0 Å². The van der Waals surface area contributed by atoms with E-state index < -0.39 is 0 Å². The van der Waals surface area contributed by atoms with Gasteiger partial charge in [0.15, 0.2) is 0 Å². The number of hydrogen-bond acceptors (Lipinski definition) is 1. The van der Waals surface area contributed by atoms with E-state index in [1.54, 1.807) is 0 Å². The average molecular weight is 316 g/mol. The lowest BCUT2D eigenvalue weighted by molar-refractivity contribution is 0.411. The van der Waals surface area contributed by atoms with E-state index in [4.69, 9.17) is 11.6 Å². The first kappa shape index (κ1) is 17.0. The number of benzene rings is 1. The molecule has 0 unspecified atom stereocenters. The van der Waals surface area contributed by atoms with Gasteiger partial charge in [-0.05, 0) is 47.6 Å². The molecule has 0 radical (unpaired) electrons. The van der Waals surface area contributed by atoms with Crippen molar-refractivity contribution < 1.29 is 0 Å². The van der Waals surface area contributed by atoms with Crippen LogP contribution in [0.3, 0.4) is 0 Å². The third-order valence-electron chi connectivity index (χ3n) is 3.84. The molecule has 2 aromatic rings. The predicted octanol–water partition coefficient (Wildman–Crippen LogP) is 5.84. The molecule has 0 atom stereocenters. The van der Waals surface area contributed by atoms with E-state index in [0.717, 1.165) is 23.6 Å². The highest BCUT2D eigenvalue weighted by molar-refractivity contribution is 6.31. The summed E-state index contributed by atoms with van der Waals surface area (Å²) in [6.07, 6.45) is 3.80. The second kappa shape index (κ2) is 6.42. The summed E-state index contributed by atoms with van der Waals surface area (Å²) in [5, 5.41) is 0.849. The molecule has 1 nitrogen and oxygen atoms in total. The number of pyridine rings is 1. The zero-order chi connectivity index (χ0) is 16.4. The second-order valence-electron chi connectivity index (χ2n) is 7.94. The lowest BCUT2D eigenvalue weighted by Crippen LogP contribution is -2.22. The molecule has 0 aliphatic heterocycles. The predicted molar refractivity (Wildman–Crippen MR) is 95.6 cm³/mol. The lowest BCUT2D eigenvalue weighted by atomic mass is 9.81. The third kappa shape index (κ3) is 4.58. The van der Waals surface area contributed by atoms with Crippen molar-refractivity contribution in [3.8, 4) is 0 Å².